The number of benzene rings is 6. The SMILES string of the molecule is C=CS(=O)(=O)Nc1ccc(Oc2ccc(C)cc2)c(-c2cc(CC)c(=O)n(C)c2)c1.CCc1cc(-c2cc(N)ccc2Oc2ccc(C)cc2)cn(C)c1=O.CN(C(=O)OC(C)(C)C)c1cc(Br)cn(C)c1=O.Cc1ccc(Oc2ccc(N)cc2-c2cc(N(C)C(=O)OC(C)(C)C)c(=O)n(C)c2)cc1.O=S(=O)(Cl)CCCl. The van der Waals surface area contributed by atoms with E-state index in [1.165, 1.54) is 43.2 Å². The first-order valence-electron chi connectivity index (χ1n) is 35.0. The lowest BCUT2D eigenvalue weighted by molar-refractivity contribution is 0.0578. The quantitative estimate of drug-likeness (QED) is 0.0408. The van der Waals surface area contributed by atoms with Crippen molar-refractivity contribution in [3.8, 4) is 67.9 Å². The maximum Gasteiger partial charge on any atom is 0.414 e. The number of aromatic nitrogens is 4. The number of nitrogens with one attached hydrogen (secondary N) is 1. The van der Waals surface area contributed by atoms with Crippen molar-refractivity contribution in [1.29, 1.82) is 0 Å². The molecule has 0 unspecified atom stereocenters. The molecular formula is C83H96BrCl2N9O15S2. The Morgan fingerprint density at radius 3 is 1.17 bits per heavy atom. The topological polar surface area (TPSA) is 307 Å². The summed E-state index contributed by atoms with van der Waals surface area (Å²) in [5, 5.41) is 0.852. The summed E-state index contributed by atoms with van der Waals surface area (Å²) in [7, 11) is 7.46. The number of alkyl halides is 1. The van der Waals surface area contributed by atoms with Gasteiger partial charge in [-0.1, -0.05) is 73.5 Å². The van der Waals surface area contributed by atoms with Gasteiger partial charge in [-0.2, -0.15) is 0 Å². The molecule has 596 valence electrons. The minimum atomic E-state index is -3.66. The number of hydrogen-bond donors (Lipinski definition) is 3. The maximum atomic E-state index is 12.8. The van der Waals surface area contributed by atoms with Crippen LogP contribution in [0, 0.1) is 20.8 Å². The van der Waals surface area contributed by atoms with Crippen LogP contribution >= 0.6 is 38.2 Å². The number of amides is 2. The van der Waals surface area contributed by atoms with Crippen molar-refractivity contribution in [2.24, 2.45) is 28.2 Å². The van der Waals surface area contributed by atoms with Crippen molar-refractivity contribution in [1.82, 2.24) is 18.3 Å². The number of nitrogens with zero attached hydrogens (tertiary/aromatic N) is 6. The van der Waals surface area contributed by atoms with E-state index in [1.54, 1.807) is 141 Å². The molecule has 0 atom stereocenters. The molecular weight excluding hydrogens is 1580 g/mol. The third-order valence-corrected chi connectivity index (χ3v) is 19.1. The van der Waals surface area contributed by atoms with Gasteiger partial charge in [0, 0.05) is 155 Å². The highest BCUT2D eigenvalue weighted by atomic mass is 79.9. The molecule has 0 radical (unpaired) electrons. The molecule has 0 saturated heterocycles. The smallest absolute Gasteiger partial charge is 0.414 e. The fraction of sp³-hybridized carbons (Fsp3) is 0.277. The van der Waals surface area contributed by atoms with Crippen LogP contribution in [0.25, 0.3) is 33.4 Å². The van der Waals surface area contributed by atoms with E-state index in [4.69, 9.17) is 57.4 Å². The van der Waals surface area contributed by atoms with Gasteiger partial charge < -0.3 is 53.4 Å². The highest BCUT2D eigenvalue weighted by Crippen LogP contribution is 2.39. The number of sulfonamides is 1. The van der Waals surface area contributed by atoms with E-state index >= 15 is 0 Å². The zero-order valence-electron chi connectivity index (χ0n) is 65.8. The van der Waals surface area contributed by atoms with Crippen molar-refractivity contribution >= 4 is 97.9 Å². The Morgan fingerprint density at radius 1 is 0.509 bits per heavy atom. The standard InChI is InChI=1S/C25H29N3O4.C23H24N2O4S.C21H22N2O2.C12H17BrN2O3.C2H4Cl2O2S/c1-16-7-10-19(11-8-16)31-22-12-9-18(26)14-20(22)17-13-21(23(29)27(5)15-17)28(6)24(30)32-25(2,3)4;1-5-17-13-18(15-25(4)23(17)26)21-14-19(24-30(27,28)6-2)9-12-22(21)29-20-10-7-16(3)8-11-20;1-4-15-11-16(13-23(3)21(15)24)19-12-17(22)7-10-20(19)25-18-8-5-14(2)6-9-18;1-12(2,3)18-11(17)15(5)9-6-8(13)7-14(4)10(9)16;3-1-2-7(4,5)6/h7-15H,26H2,1-6H3;6-15,24H,2,5H2,1,3-4H3;5-13H,4,22H2,1-3H3;6-7H,1-5H3;1-2H2. The number of pyridine rings is 4. The Bertz CT molecular complexity index is 5510. The van der Waals surface area contributed by atoms with E-state index in [1.807, 2.05) is 144 Å². The number of nitrogens with two attached hydrogens (primary N) is 2. The van der Waals surface area contributed by atoms with E-state index < -0.39 is 42.5 Å². The minimum absolute atomic E-state index is 0.0242. The van der Waals surface area contributed by atoms with Gasteiger partial charge in [0.05, 0.1) is 5.75 Å². The van der Waals surface area contributed by atoms with Gasteiger partial charge in [-0.25, -0.2) is 26.4 Å². The Balaban J connectivity index is 0.000000230. The molecule has 24 nitrogen and oxygen atoms in total. The lowest BCUT2D eigenvalue weighted by atomic mass is 10.0. The van der Waals surface area contributed by atoms with Gasteiger partial charge >= 0.3 is 12.2 Å². The van der Waals surface area contributed by atoms with E-state index in [9.17, 15) is 45.6 Å². The molecule has 2 amide bonds. The molecule has 0 bridgehead atoms. The third kappa shape index (κ3) is 27.0. The number of ether oxygens (including phenoxy) is 5. The number of nitrogen functional groups attached to an aromatic ring is 2. The van der Waals surface area contributed by atoms with Gasteiger partial charge in [-0.15, -0.1) is 11.6 Å². The summed E-state index contributed by atoms with van der Waals surface area (Å²) in [5.41, 5.74) is 21.6. The zero-order valence-corrected chi connectivity index (χ0v) is 70.5. The van der Waals surface area contributed by atoms with Gasteiger partial charge in [-0.05, 0) is 206 Å². The summed E-state index contributed by atoms with van der Waals surface area (Å²) in [5.74, 6) is 3.83. The van der Waals surface area contributed by atoms with Crippen LogP contribution in [0.15, 0.2) is 212 Å². The second-order valence-electron chi connectivity index (χ2n) is 27.8. The number of hydrogen-bond acceptors (Lipinski definition) is 17. The largest absolute Gasteiger partial charge is 0.457 e. The van der Waals surface area contributed by atoms with Crippen LogP contribution in [0.4, 0.5) is 38.0 Å². The summed E-state index contributed by atoms with van der Waals surface area (Å²) in [6.45, 7) is 23.9. The molecule has 5 N–H and O–H groups in total. The van der Waals surface area contributed by atoms with E-state index in [0.29, 0.717) is 80.9 Å². The predicted molar refractivity (Wildman–Crippen MR) is 454 cm³/mol. The fourth-order valence-corrected chi connectivity index (χ4v) is 12.7. The summed E-state index contributed by atoms with van der Waals surface area (Å²) in [6.07, 6.45) is 6.94. The van der Waals surface area contributed by atoms with Gasteiger partial charge in [0.15, 0.2) is 0 Å². The van der Waals surface area contributed by atoms with Crippen LogP contribution < -0.4 is 62.4 Å². The molecule has 10 rings (SSSR count). The molecule has 4 heterocycles. The van der Waals surface area contributed by atoms with Crippen LogP contribution in [0.2, 0.25) is 0 Å². The first-order valence-corrected chi connectivity index (χ1v) is 40.4. The number of carbonyl (C=O) groups excluding carboxylic acids is 2. The van der Waals surface area contributed by atoms with Crippen LogP contribution in [-0.4, -0.2) is 84.2 Å². The van der Waals surface area contributed by atoms with Crippen LogP contribution in [-0.2, 0) is 69.6 Å². The Labute approximate surface area is 672 Å². The third-order valence-electron chi connectivity index (χ3n) is 16.1. The van der Waals surface area contributed by atoms with Crippen LogP contribution in [0.5, 0.6) is 34.5 Å². The second-order valence-corrected chi connectivity index (χ2v) is 33.6. The number of aryl methyl sites for hydroxylation is 9. The number of carbonyl (C=O) groups is 2. The monoisotopic (exact) mass is 1670 g/mol. The van der Waals surface area contributed by atoms with E-state index in [2.05, 4.69) is 27.2 Å². The minimum Gasteiger partial charge on any atom is -0.457 e. The molecule has 10 aromatic rings. The van der Waals surface area contributed by atoms with Crippen molar-refractivity contribution < 1.29 is 50.1 Å². The van der Waals surface area contributed by atoms with Crippen molar-refractivity contribution in [2.45, 2.75) is 100 Å². The summed E-state index contributed by atoms with van der Waals surface area (Å²) in [4.78, 5) is 76.1. The number of rotatable bonds is 18. The molecule has 29 heteroatoms. The molecule has 112 heavy (non-hydrogen) atoms. The molecule has 0 spiro atoms. The van der Waals surface area contributed by atoms with Gasteiger partial charge in [0.1, 0.15) is 57.1 Å². The van der Waals surface area contributed by atoms with Crippen molar-refractivity contribution in [2.75, 3.05) is 51.7 Å². The van der Waals surface area contributed by atoms with Crippen molar-refractivity contribution in [3.63, 3.8) is 0 Å². The molecule has 0 aliphatic rings. The lowest BCUT2D eigenvalue weighted by Crippen LogP contribution is -2.37. The number of halogens is 3. The Hall–Kier alpha value is -10.8. The Morgan fingerprint density at radius 2 is 0.839 bits per heavy atom. The first kappa shape index (κ1) is 90.0. The summed E-state index contributed by atoms with van der Waals surface area (Å²) in [6, 6.07) is 46.1. The fourth-order valence-electron chi connectivity index (χ4n) is 10.3. The van der Waals surface area contributed by atoms with Gasteiger partial charge in [0.2, 0.25) is 9.05 Å². The Kier molecular flexibility index (Phi) is 31.7. The predicted octanol–water partition coefficient (Wildman–Crippen LogP) is 17.3. The normalized spacial score (nSPS) is 11.1. The second kappa shape index (κ2) is 39.4. The van der Waals surface area contributed by atoms with Crippen LogP contribution in [0.3, 0.4) is 0 Å². The van der Waals surface area contributed by atoms with E-state index in [-0.39, 0.29) is 45.2 Å². The van der Waals surface area contributed by atoms with E-state index in [0.717, 1.165) is 49.0 Å². The van der Waals surface area contributed by atoms with Crippen molar-refractivity contribution in [3.05, 3.63) is 262 Å². The average Bonchev–Trinajstić information content (AvgIpc) is 0.801. The molecule has 0 aliphatic carbocycles. The average molecular weight is 1670 g/mol. The molecule has 0 saturated carbocycles. The van der Waals surface area contributed by atoms with Crippen LogP contribution in [0.1, 0.15) is 83.2 Å². The first-order chi connectivity index (χ1) is 52.3. The lowest BCUT2D eigenvalue weighted by Gasteiger charge is -2.25. The zero-order chi connectivity index (χ0) is 83.5. The summed E-state index contributed by atoms with van der Waals surface area (Å²) >= 11 is 8.31. The molecule has 4 aromatic heterocycles. The van der Waals surface area contributed by atoms with Gasteiger partial charge in [0.25, 0.3) is 32.3 Å². The number of anilines is 5. The molecule has 0 aliphatic heterocycles. The molecule has 0 fully saturated rings. The highest BCUT2D eigenvalue weighted by Gasteiger charge is 2.26. The maximum absolute atomic E-state index is 12.8. The molecule has 6 aromatic carbocycles. The highest BCUT2D eigenvalue weighted by molar-refractivity contribution is 9.10. The summed E-state index contributed by atoms with van der Waals surface area (Å²) < 4.78 is 81.7. The van der Waals surface area contributed by atoms with Gasteiger partial charge in [-0.3, -0.25) is 33.7 Å².